The summed E-state index contributed by atoms with van der Waals surface area (Å²) >= 11 is 0. The molecule has 0 aromatic heterocycles. The molecule has 9 heteroatoms. The van der Waals surface area contributed by atoms with E-state index in [4.69, 9.17) is 0 Å². The van der Waals surface area contributed by atoms with E-state index in [0.29, 0.717) is 24.1 Å². The van der Waals surface area contributed by atoms with Gasteiger partial charge in [0.25, 0.3) is 0 Å². The summed E-state index contributed by atoms with van der Waals surface area (Å²) in [5.41, 5.74) is 1.89. The first-order valence-electron chi connectivity index (χ1n) is 12.5. The fourth-order valence-corrected chi connectivity index (χ4v) is 5.60. The number of hydrogen-bond donors (Lipinski definition) is 1. The van der Waals surface area contributed by atoms with Crippen LogP contribution in [0.25, 0.3) is 0 Å². The van der Waals surface area contributed by atoms with E-state index in [1.165, 1.54) is 17.0 Å². The van der Waals surface area contributed by atoms with Crippen LogP contribution >= 0.6 is 0 Å². The number of halogens is 1. The molecule has 2 aromatic carbocycles. The van der Waals surface area contributed by atoms with Crippen molar-refractivity contribution in [3.8, 4) is 0 Å². The smallest absolute Gasteiger partial charge is 0.244 e. The van der Waals surface area contributed by atoms with Gasteiger partial charge in [0, 0.05) is 12.6 Å². The molecule has 0 radical (unpaired) electrons. The molecule has 0 saturated heterocycles. The average Bonchev–Trinajstić information content (AvgIpc) is 3.35. The number of sulfonamides is 1. The van der Waals surface area contributed by atoms with Crippen LogP contribution in [0.15, 0.2) is 48.5 Å². The molecule has 7 nitrogen and oxygen atoms in total. The largest absolute Gasteiger partial charge is 0.352 e. The van der Waals surface area contributed by atoms with E-state index < -0.39 is 34.3 Å². The topological polar surface area (TPSA) is 86.8 Å². The Morgan fingerprint density at radius 1 is 1.06 bits per heavy atom. The molecule has 1 N–H and O–H groups in total. The van der Waals surface area contributed by atoms with E-state index in [1.54, 1.807) is 24.3 Å². The van der Waals surface area contributed by atoms with Crippen LogP contribution in [0, 0.1) is 5.82 Å². The highest BCUT2D eigenvalue weighted by Crippen LogP contribution is 2.25. The van der Waals surface area contributed by atoms with Gasteiger partial charge in [0.2, 0.25) is 21.8 Å². The fourth-order valence-electron chi connectivity index (χ4n) is 4.72. The summed E-state index contributed by atoms with van der Waals surface area (Å²) in [7, 11) is -3.79. The number of aryl methyl sites for hydroxylation is 1. The van der Waals surface area contributed by atoms with Gasteiger partial charge in [0.15, 0.2) is 0 Å². The molecule has 1 unspecified atom stereocenters. The lowest BCUT2D eigenvalue weighted by Crippen LogP contribution is -2.53. The number of rotatable bonds is 11. The summed E-state index contributed by atoms with van der Waals surface area (Å²) in [5.74, 6) is -1.15. The molecule has 0 heterocycles. The maximum absolute atomic E-state index is 13.8. The Morgan fingerprint density at radius 3 is 2.28 bits per heavy atom. The lowest BCUT2D eigenvalue weighted by molar-refractivity contribution is -0.140. The van der Waals surface area contributed by atoms with Gasteiger partial charge in [-0.25, -0.2) is 12.8 Å². The second kappa shape index (κ2) is 12.3. The lowest BCUT2D eigenvalue weighted by atomic mass is 10.1. The zero-order chi connectivity index (χ0) is 26.3. The van der Waals surface area contributed by atoms with Gasteiger partial charge in [-0.2, -0.15) is 0 Å². The van der Waals surface area contributed by atoms with Gasteiger partial charge in [0.05, 0.1) is 11.9 Å². The highest BCUT2D eigenvalue weighted by Gasteiger charge is 2.33. The van der Waals surface area contributed by atoms with Crippen LogP contribution in [0.1, 0.15) is 57.1 Å². The molecule has 1 saturated carbocycles. The number of amides is 2. The molecular weight excluding hydrogens is 481 g/mol. The Labute approximate surface area is 213 Å². The Morgan fingerprint density at radius 2 is 1.69 bits per heavy atom. The quantitative estimate of drug-likeness (QED) is 0.488. The molecule has 2 aromatic rings. The van der Waals surface area contributed by atoms with Crippen molar-refractivity contribution in [2.24, 2.45) is 0 Å². The molecule has 196 valence electrons. The van der Waals surface area contributed by atoms with Crippen molar-refractivity contribution in [1.29, 1.82) is 0 Å². The van der Waals surface area contributed by atoms with E-state index in [-0.39, 0.29) is 18.5 Å². The molecule has 2 amide bonds. The van der Waals surface area contributed by atoms with Crippen LogP contribution in [0.2, 0.25) is 0 Å². The molecule has 0 bridgehead atoms. The number of carbonyl (C=O) groups excluding carboxylic acids is 2. The van der Waals surface area contributed by atoms with Crippen LogP contribution in [-0.2, 0) is 32.6 Å². The van der Waals surface area contributed by atoms with Gasteiger partial charge >= 0.3 is 0 Å². The monoisotopic (exact) mass is 517 g/mol. The highest BCUT2D eigenvalue weighted by molar-refractivity contribution is 7.92. The van der Waals surface area contributed by atoms with Gasteiger partial charge in [-0.15, -0.1) is 0 Å². The summed E-state index contributed by atoms with van der Waals surface area (Å²) in [6.45, 7) is 3.36. The average molecular weight is 518 g/mol. The van der Waals surface area contributed by atoms with Crippen LogP contribution in [-0.4, -0.2) is 50.0 Å². The Bertz CT molecular complexity index is 1150. The molecule has 1 atom stereocenters. The Balaban J connectivity index is 1.94. The maximum atomic E-state index is 13.8. The molecule has 1 fully saturated rings. The minimum atomic E-state index is -3.79. The molecular formula is C27H36FN3O4S. The van der Waals surface area contributed by atoms with E-state index >= 15 is 0 Å². The van der Waals surface area contributed by atoms with Crippen LogP contribution in [0.4, 0.5) is 10.1 Å². The fraction of sp³-hybridized carbons (Fsp3) is 0.481. The number of carbonyl (C=O) groups is 2. The molecule has 3 rings (SSSR count). The van der Waals surface area contributed by atoms with Crippen LogP contribution < -0.4 is 9.62 Å². The minimum Gasteiger partial charge on any atom is -0.352 e. The predicted octanol–water partition coefficient (Wildman–Crippen LogP) is 4.02. The standard InChI is InChI=1S/C27H36FN3O4S/c1-4-21-10-6-9-13-25(21)31(36(3,34)35)19-26(32)30(18-20-14-16-22(28)17-15-20)24(5-2)27(33)29-23-11-7-8-12-23/h6,9-10,13-17,23-24H,4-5,7-8,11-12,18-19H2,1-3H3,(H,29,33). The van der Waals surface area contributed by atoms with Crippen molar-refractivity contribution >= 4 is 27.5 Å². The normalized spacial score (nSPS) is 14.9. The Hall–Kier alpha value is -2.94. The van der Waals surface area contributed by atoms with Crippen molar-refractivity contribution in [1.82, 2.24) is 10.2 Å². The van der Waals surface area contributed by atoms with Crippen molar-refractivity contribution in [2.75, 3.05) is 17.1 Å². The number of hydrogen-bond acceptors (Lipinski definition) is 4. The van der Waals surface area contributed by atoms with E-state index in [1.807, 2.05) is 26.0 Å². The lowest BCUT2D eigenvalue weighted by Gasteiger charge is -2.33. The van der Waals surface area contributed by atoms with Crippen molar-refractivity contribution in [3.05, 3.63) is 65.5 Å². The first-order valence-corrected chi connectivity index (χ1v) is 14.4. The summed E-state index contributed by atoms with van der Waals surface area (Å²) in [4.78, 5) is 28.4. The molecule has 0 aliphatic heterocycles. The number of nitrogens with zero attached hydrogens (tertiary/aromatic N) is 2. The van der Waals surface area contributed by atoms with E-state index in [9.17, 15) is 22.4 Å². The van der Waals surface area contributed by atoms with Crippen molar-refractivity contribution in [2.45, 2.75) is 71.0 Å². The molecule has 36 heavy (non-hydrogen) atoms. The summed E-state index contributed by atoms with van der Waals surface area (Å²) < 4.78 is 40.2. The Kier molecular flexibility index (Phi) is 9.48. The highest BCUT2D eigenvalue weighted by atomic mass is 32.2. The summed E-state index contributed by atoms with van der Waals surface area (Å²) in [6, 6.07) is 12.1. The van der Waals surface area contributed by atoms with Gasteiger partial charge in [-0.1, -0.05) is 57.0 Å². The third kappa shape index (κ3) is 7.06. The number of para-hydroxylation sites is 1. The third-order valence-corrected chi connectivity index (χ3v) is 7.80. The SMILES string of the molecule is CCc1ccccc1N(CC(=O)N(Cc1ccc(F)cc1)C(CC)C(=O)NC1CCCC1)S(C)(=O)=O. The molecule has 1 aliphatic rings. The predicted molar refractivity (Wildman–Crippen MR) is 139 cm³/mol. The third-order valence-electron chi connectivity index (χ3n) is 6.67. The second-order valence-electron chi connectivity index (χ2n) is 9.31. The zero-order valence-corrected chi connectivity index (χ0v) is 22.1. The second-order valence-corrected chi connectivity index (χ2v) is 11.2. The zero-order valence-electron chi connectivity index (χ0n) is 21.2. The van der Waals surface area contributed by atoms with E-state index in [0.717, 1.165) is 41.8 Å². The van der Waals surface area contributed by atoms with Crippen molar-refractivity contribution < 1.29 is 22.4 Å². The van der Waals surface area contributed by atoms with Crippen molar-refractivity contribution in [3.63, 3.8) is 0 Å². The molecule has 0 spiro atoms. The van der Waals surface area contributed by atoms with Crippen LogP contribution in [0.5, 0.6) is 0 Å². The summed E-state index contributed by atoms with van der Waals surface area (Å²) in [6.07, 6.45) is 5.95. The maximum Gasteiger partial charge on any atom is 0.244 e. The van der Waals surface area contributed by atoms with Gasteiger partial charge < -0.3 is 10.2 Å². The van der Waals surface area contributed by atoms with Gasteiger partial charge in [0.1, 0.15) is 18.4 Å². The minimum absolute atomic E-state index is 0.0583. The van der Waals surface area contributed by atoms with Gasteiger partial charge in [-0.3, -0.25) is 13.9 Å². The van der Waals surface area contributed by atoms with Crippen LogP contribution in [0.3, 0.4) is 0 Å². The number of benzene rings is 2. The number of anilines is 1. The van der Waals surface area contributed by atoms with Gasteiger partial charge in [-0.05, 0) is 55.0 Å². The summed E-state index contributed by atoms with van der Waals surface area (Å²) in [5, 5.41) is 3.07. The first kappa shape index (κ1) is 27.6. The first-order chi connectivity index (χ1) is 17.1. The van der Waals surface area contributed by atoms with E-state index in [2.05, 4.69) is 5.32 Å². The number of nitrogens with one attached hydrogen (secondary N) is 1. The molecule has 1 aliphatic carbocycles.